The minimum atomic E-state index is -1.09. The van der Waals surface area contributed by atoms with Crippen LogP contribution in [0, 0.1) is 0 Å². The Morgan fingerprint density at radius 3 is 2.08 bits per heavy atom. The van der Waals surface area contributed by atoms with Gasteiger partial charge in [0.05, 0.1) is 0 Å². The molecule has 1 aromatic heterocycles. The van der Waals surface area contributed by atoms with Crippen molar-refractivity contribution in [1.29, 1.82) is 0 Å². The van der Waals surface area contributed by atoms with Gasteiger partial charge in [0.2, 0.25) is 0 Å². The molecule has 1 amide bonds. The van der Waals surface area contributed by atoms with Gasteiger partial charge in [0.25, 0.3) is 5.91 Å². The maximum absolute atomic E-state index is 12.7. The molecule has 1 heterocycles. The van der Waals surface area contributed by atoms with E-state index in [1.807, 2.05) is 73.6 Å². The molecule has 1 atom stereocenters. The summed E-state index contributed by atoms with van der Waals surface area (Å²) in [5.74, 6) is -0.920. The number of nitrogens with zero attached hydrogens (tertiary/aromatic N) is 3. The highest BCUT2D eigenvalue weighted by atomic mass is 16.4. The van der Waals surface area contributed by atoms with Gasteiger partial charge in [-0.3, -0.25) is 4.79 Å². The Morgan fingerprint density at radius 1 is 0.872 bits per heavy atom. The molecule has 0 saturated carbocycles. The summed E-state index contributed by atoms with van der Waals surface area (Å²) in [6.45, 7) is 6.29. The summed E-state index contributed by atoms with van der Waals surface area (Å²) in [4.78, 5) is 35.8. The summed E-state index contributed by atoms with van der Waals surface area (Å²) < 4.78 is 0. The Hall–Kier alpha value is -4.52. The lowest BCUT2D eigenvalue weighted by Crippen LogP contribution is -2.42. The van der Waals surface area contributed by atoms with Crippen molar-refractivity contribution in [3.63, 3.8) is 0 Å². The number of benzene rings is 3. The second kappa shape index (κ2) is 11.5. The number of hydrogen-bond acceptors (Lipinski definition) is 5. The van der Waals surface area contributed by atoms with Crippen LogP contribution in [0.4, 0.5) is 5.69 Å². The highest BCUT2D eigenvalue weighted by Crippen LogP contribution is 2.25. The van der Waals surface area contributed by atoms with Crippen LogP contribution in [-0.2, 0) is 16.6 Å². The summed E-state index contributed by atoms with van der Waals surface area (Å²) in [6, 6.07) is 21.8. The fourth-order valence-electron chi connectivity index (χ4n) is 4.18. The third-order valence-corrected chi connectivity index (χ3v) is 6.62. The largest absolute Gasteiger partial charge is 0.480 e. The fraction of sp³-hybridized carbons (Fsp3) is 0.250. The SMILES string of the molecule is CN(C)c1cccc(-c2cnc(-c3ccc(C[C@H](NC(=O)c4ccc(C(C)(C)C)cc4)C(=O)O)cc3)nc2)c1. The summed E-state index contributed by atoms with van der Waals surface area (Å²) in [5, 5.41) is 12.4. The molecule has 0 aliphatic heterocycles. The van der Waals surface area contributed by atoms with Gasteiger partial charge in [0.15, 0.2) is 5.82 Å². The Bertz CT molecular complexity index is 1440. The average molecular weight is 523 g/mol. The third-order valence-electron chi connectivity index (χ3n) is 6.62. The minimum absolute atomic E-state index is 0.0320. The van der Waals surface area contributed by atoms with Crippen LogP contribution in [0.1, 0.15) is 42.3 Å². The molecule has 0 aliphatic rings. The van der Waals surface area contributed by atoms with E-state index in [9.17, 15) is 14.7 Å². The number of nitrogens with one attached hydrogen (secondary N) is 1. The third kappa shape index (κ3) is 6.87. The zero-order valence-corrected chi connectivity index (χ0v) is 23.0. The molecule has 0 spiro atoms. The monoisotopic (exact) mass is 522 g/mol. The number of carbonyl (C=O) groups excluding carboxylic acids is 1. The van der Waals surface area contributed by atoms with Gasteiger partial charge in [-0.1, -0.05) is 69.3 Å². The lowest BCUT2D eigenvalue weighted by Gasteiger charge is -2.19. The van der Waals surface area contributed by atoms with Gasteiger partial charge in [-0.15, -0.1) is 0 Å². The molecule has 3 aromatic carbocycles. The average Bonchev–Trinajstić information content (AvgIpc) is 2.92. The number of anilines is 1. The second-order valence-corrected chi connectivity index (χ2v) is 10.8. The number of rotatable bonds is 8. The van der Waals surface area contributed by atoms with Crippen LogP contribution in [0.15, 0.2) is 85.2 Å². The quantitative estimate of drug-likeness (QED) is 0.313. The number of carbonyl (C=O) groups is 2. The lowest BCUT2D eigenvalue weighted by atomic mass is 9.86. The molecule has 4 aromatic rings. The summed E-state index contributed by atoms with van der Waals surface area (Å²) in [5.41, 5.74) is 6.16. The highest BCUT2D eigenvalue weighted by molar-refractivity contribution is 5.96. The Labute approximate surface area is 229 Å². The van der Waals surface area contributed by atoms with Crippen LogP contribution >= 0.6 is 0 Å². The van der Waals surface area contributed by atoms with E-state index in [1.165, 1.54) is 0 Å². The van der Waals surface area contributed by atoms with Crippen molar-refractivity contribution in [3.05, 3.63) is 102 Å². The topological polar surface area (TPSA) is 95.4 Å². The molecule has 7 nitrogen and oxygen atoms in total. The maximum atomic E-state index is 12.7. The first-order valence-electron chi connectivity index (χ1n) is 12.8. The van der Waals surface area contributed by atoms with Crippen molar-refractivity contribution in [2.75, 3.05) is 19.0 Å². The van der Waals surface area contributed by atoms with Gasteiger partial charge in [0.1, 0.15) is 6.04 Å². The highest BCUT2D eigenvalue weighted by Gasteiger charge is 2.22. The first-order chi connectivity index (χ1) is 18.5. The van der Waals surface area contributed by atoms with Gasteiger partial charge in [-0.2, -0.15) is 0 Å². The number of amides is 1. The van der Waals surface area contributed by atoms with Crippen molar-refractivity contribution in [2.24, 2.45) is 0 Å². The molecule has 0 saturated heterocycles. The van der Waals surface area contributed by atoms with E-state index in [4.69, 9.17) is 0 Å². The Morgan fingerprint density at radius 2 is 1.51 bits per heavy atom. The number of carboxylic acids is 1. The lowest BCUT2D eigenvalue weighted by molar-refractivity contribution is -0.139. The summed E-state index contributed by atoms with van der Waals surface area (Å²) >= 11 is 0. The molecule has 200 valence electrons. The van der Waals surface area contributed by atoms with Crippen molar-refractivity contribution in [1.82, 2.24) is 15.3 Å². The van der Waals surface area contributed by atoms with E-state index in [1.54, 1.807) is 24.5 Å². The number of hydrogen-bond donors (Lipinski definition) is 2. The zero-order valence-electron chi connectivity index (χ0n) is 23.0. The standard InChI is InChI=1S/C32H34N4O3/c1-32(2,3)26-15-13-23(14-16-26)30(37)35-28(31(38)39)17-21-9-11-22(12-10-21)29-33-19-25(20-34-29)24-7-6-8-27(18-24)36(4)5/h6-16,18-20,28H,17H2,1-5H3,(H,35,37)(H,38,39)/t28-/m0/s1. The molecule has 7 heteroatoms. The van der Waals surface area contributed by atoms with Gasteiger partial charge in [-0.05, 0) is 46.4 Å². The Kier molecular flexibility index (Phi) is 8.10. The van der Waals surface area contributed by atoms with Crippen molar-refractivity contribution in [2.45, 2.75) is 38.6 Å². The van der Waals surface area contributed by atoms with E-state index in [2.05, 4.69) is 42.1 Å². The molecular weight excluding hydrogens is 488 g/mol. The van der Waals surface area contributed by atoms with Crippen LogP contribution < -0.4 is 10.2 Å². The van der Waals surface area contributed by atoms with Gasteiger partial charge in [0, 0.05) is 55.3 Å². The number of aromatic nitrogens is 2. The normalized spacial score (nSPS) is 12.0. The second-order valence-electron chi connectivity index (χ2n) is 10.8. The Balaban J connectivity index is 1.42. The molecule has 0 aliphatic carbocycles. The van der Waals surface area contributed by atoms with E-state index in [0.29, 0.717) is 11.4 Å². The van der Waals surface area contributed by atoms with Gasteiger partial charge < -0.3 is 15.3 Å². The van der Waals surface area contributed by atoms with Gasteiger partial charge in [-0.25, -0.2) is 14.8 Å². The molecule has 4 rings (SSSR count). The summed E-state index contributed by atoms with van der Waals surface area (Å²) in [6.07, 6.45) is 3.76. The van der Waals surface area contributed by atoms with Crippen molar-refractivity contribution >= 4 is 17.6 Å². The zero-order chi connectivity index (χ0) is 28.2. The molecule has 2 N–H and O–H groups in total. The van der Waals surface area contributed by atoms with Crippen molar-refractivity contribution in [3.8, 4) is 22.5 Å². The van der Waals surface area contributed by atoms with Crippen LogP contribution in [-0.4, -0.2) is 47.1 Å². The molecule has 39 heavy (non-hydrogen) atoms. The summed E-state index contributed by atoms with van der Waals surface area (Å²) in [7, 11) is 4.00. The smallest absolute Gasteiger partial charge is 0.326 e. The van der Waals surface area contributed by atoms with E-state index in [0.717, 1.165) is 33.5 Å². The molecule has 0 fully saturated rings. The molecule has 0 unspecified atom stereocenters. The van der Waals surface area contributed by atoms with E-state index >= 15 is 0 Å². The van der Waals surface area contributed by atoms with Crippen LogP contribution in [0.2, 0.25) is 0 Å². The predicted molar refractivity (Wildman–Crippen MR) is 155 cm³/mol. The fourth-order valence-corrected chi connectivity index (χ4v) is 4.18. The van der Waals surface area contributed by atoms with E-state index in [-0.39, 0.29) is 11.8 Å². The number of carboxylic acid groups (broad SMARTS) is 1. The maximum Gasteiger partial charge on any atom is 0.326 e. The molecule has 0 radical (unpaired) electrons. The van der Waals surface area contributed by atoms with Crippen molar-refractivity contribution < 1.29 is 14.7 Å². The molecule has 0 bridgehead atoms. The molecular formula is C32H34N4O3. The van der Waals surface area contributed by atoms with Crippen LogP contribution in [0.3, 0.4) is 0 Å². The minimum Gasteiger partial charge on any atom is -0.480 e. The van der Waals surface area contributed by atoms with Crippen LogP contribution in [0.25, 0.3) is 22.5 Å². The van der Waals surface area contributed by atoms with Crippen LogP contribution in [0.5, 0.6) is 0 Å². The first kappa shape index (κ1) is 27.5. The van der Waals surface area contributed by atoms with Gasteiger partial charge >= 0.3 is 5.97 Å². The first-order valence-corrected chi connectivity index (χ1v) is 12.8. The predicted octanol–water partition coefficient (Wildman–Crippen LogP) is 5.60. The van der Waals surface area contributed by atoms with E-state index < -0.39 is 17.9 Å². The number of aliphatic carboxylic acids is 1.